The minimum atomic E-state index is -0.477. The summed E-state index contributed by atoms with van der Waals surface area (Å²) < 4.78 is 30.4. The van der Waals surface area contributed by atoms with Crippen LogP contribution in [0.1, 0.15) is 34.7 Å². The van der Waals surface area contributed by atoms with E-state index in [4.69, 9.17) is 14.1 Å². The number of carbonyl (C=O) groups is 2. The van der Waals surface area contributed by atoms with Gasteiger partial charge in [0.2, 0.25) is 5.91 Å². The molecule has 13 nitrogen and oxygen atoms in total. The number of anilines is 1. The second-order valence-electron chi connectivity index (χ2n) is 13.9. The van der Waals surface area contributed by atoms with E-state index in [0.717, 1.165) is 22.0 Å². The fraction of sp³-hybridized carbons (Fsp3) is 0.268. The molecule has 2 amide bonds. The topological polar surface area (TPSA) is 139 Å². The summed E-state index contributed by atoms with van der Waals surface area (Å²) in [6.07, 6.45) is 6.12. The lowest BCUT2D eigenvalue weighted by Crippen LogP contribution is -2.49. The van der Waals surface area contributed by atoms with Crippen LogP contribution in [0.4, 0.5) is 10.2 Å². The van der Waals surface area contributed by atoms with Gasteiger partial charge in [0.05, 0.1) is 25.4 Å². The normalized spacial score (nSPS) is 15.0. The number of aromatic amines is 1. The van der Waals surface area contributed by atoms with Crippen molar-refractivity contribution in [3.8, 4) is 16.9 Å². The van der Waals surface area contributed by atoms with Crippen molar-refractivity contribution in [2.45, 2.75) is 26.3 Å². The van der Waals surface area contributed by atoms with E-state index in [9.17, 15) is 9.59 Å². The molecule has 0 unspecified atom stereocenters. The first kappa shape index (κ1) is 34.2. The lowest BCUT2D eigenvalue weighted by molar-refractivity contribution is -0.131. The Labute approximate surface area is 315 Å². The number of para-hydroxylation sites is 2. The van der Waals surface area contributed by atoms with Gasteiger partial charge in [-0.3, -0.25) is 14.3 Å². The fourth-order valence-electron chi connectivity index (χ4n) is 7.76. The number of piperazine rings is 1. The van der Waals surface area contributed by atoms with Crippen LogP contribution in [0, 0.1) is 12.7 Å². The molecule has 3 aromatic carbocycles. The minimum Gasteiger partial charge on any atom is -0.496 e. The van der Waals surface area contributed by atoms with Crippen LogP contribution in [0.2, 0.25) is 0 Å². The fourth-order valence-corrected chi connectivity index (χ4v) is 7.76. The summed E-state index contributed by atoms with van der Waals surface area (Å²) in [5, 5.41) is 9.26. The third-order valence-electron chi connectivity index (χ3n) is 10.5. The number of H-pyrrole nitrogens is 1. The highest BCUT2D eigenvalue weighted by Gasteiger charge is 2.29. The molecule has 0 aliphatic carbocycles. The first-order valence-electron chi connectivity index (χ1n) is 18.4. The molecule has 0 radical (unpaired) electrons. The van der Waals surface area contributed by atoms with E-state index in [1.165, 1.54) is 0 Å². The van der Waals surface area contributed by atoms with Gasteiger partial charge in [0.25, 0.3) is 5.91 Å². The highest BCUT2D eigenvalue weighted by atomic mass is 19.1. The van der Waals surface area contributed by atoms with Gasteiger partial charge in [-0.2, -0.15) is 0 Å². The maximum absolute atomic E-state index is 16.8. The van der Waals surface area contributed by atoms with Gasteiger partial charge in [-0.05, 0) is 54.8 Å². The Kier molecular flexibility index (Phi) is 8.72. The van der Waals surface area contributed by atoms with Gasteiger partial charge >= 0.3 is 0 Å². The number of fused-ring (bicyclic) bond motifs is 4. The summed E-state index contributed by atoms with van der Waals surface area (Å²) in [5.74, 6) is 1.22. The number of nitrogens with zero attached hydrogens (tertiary/aromatic N) is 8. The summed E-state index contributed by atoms with van der Waals surface area (Å²) in [7, 11) is 1.60. The number of hydrogen-bond donors (Lipinski definition) is 1. The van der Waals surface area contributed by atoms with Crippen LogP contribution >= 0.6 is 0 Å². The number of methoxy groups -OCH3 is 1. The zero-order valence-electron chi connectivity index (χ0n) is 30.5. The molecule has 278 valence electrons. The van der Waals surface area contributed by atoms with Gasteiger partial charge in [0.1, 0.15) is 28.4 Å². The molecule has 9 rings (SSSR count). The van der Waals surface area contributed by atoms with Gasteiger partial charge in [-0.1, -0.05) is 41.6 Å². The van der Waals surface area contributed by atoms with Crippen LogP contribution in [-0.2, 0) is 11.3 Å². The molecule has 1 N–H and O–H groups in total. The molecule has 4 aromatic heterocycles. The predicted octanol–water partition coefficient (Wildman–Crippen LogP) is 6.24. The maximum Gasteiger partial charge on any atom is 0.270 e. The molecule has 6 heterocycles. The molecule has 2 aliphatic rings. The Bertz CT molecular complexity index is 2620. The Balaban J connectivity index is 1.01. The second kappa shape index (κ2) is 14.0. The monoisotopic (exact) mass is 739 g/mol. The lowest BCUT2D eigenvalue weighted by Gasteiger charge is -2.35. The minimum absolute atomic E-state index is 0.0442. The summed E-state index contributed by atoms with van der Waals surface area (Å²) in [5.41, 5.74) is 5.21. The van der Waals surface area contributed by atoms with Crippen LogP contribution < -0.4 is 9.64 Å². The van der Waals surface area contributed by atoms with Crippen molar-refractivity contribution < 1.29 is 23.1 Å². The third-order valence-corrected chi connectivity index (χ3v) is 10.5. The van der Waals surface area contributed by atoms with E-state index in [0.29, 0.717) is 90.8 Å². The molecule has 1 fully saturated rings. The molecule has 0 saturated carbocycles. The zero-order chi connectivity index (χ0) is 37.6. The van der Waals surface area contributed by atoms with Crippen LogP contribution in [0.5, 0.6) is 5.75 Å². The molecule has 7 aromatic rings. The summed E-state index contributed by atoms with van der Waals surface area (Å²) in [6.45, 7) is 4.99. The van der Waals surface area contributed by atoms with Crippen molar-refractivity contribution in [3.05, 3.63) is 102 Å². The maximum atomic E-state index is 16.8. The van der Waals surface area contributed by atoms with Crippen molar-refractivity contribution in [1.29, 1.82) is 0 Å². The number of amides is 2. The molecular weight excluding hydrogens is 702 g/mol. The number of aromatic nitrogens is 6. The Morgan fingerprint density at radius 2 is 1.75 bits per heavy atom. The smallest absolute Gasteiger partial charge is 0.270 e. The van der Waals surface area contributed by atoms with Gasteiger partial charge in [0.15, 0.2) is 17.2 Å². The van der Waals surface area contributed by atoms with Crippen LogP contribution in [-0.4, -0.2) is 97.9 Å². The van der Waals surface area contributed by atoms with Gasteiger partial charge in [0, 0.05) is 73.8 Å². The molecular formula is C41H38FN9O4. The van der Waals surface area contributed by atoms with Crippen molar-refractivity contribution in [3.63, 3.8) is 0 Å². The predicted molar refractivity (Wildman–Crippen MR) is 206 cm³/mol. The number of furan rings is 1. The third kappa shape index (κ3) is 6.22. The summed E-state index contributed by atoms with van der Waals surface area (Å²) in [4.78, 5) is 45.6. The number of carbonyl (C=O) groups excluding carboxylic acids is 2. The largest absolute Gasteiger partial charge is 0.496 e. The highest BCUT2D eigenvalue weighted by molar-refractivity contribution is 6.07. The van der Waals surface area contributed by atoms with Crippen LogP contribution in [0.25, 0.3) is 49.7 Å². The quantitative estimate of drug-likeness (QED) is 0.192. The SMILES string of the molecule is COc1ccccc1-c1cc(C2=CCCN(C(=O)CCn3ccnn3)C2)c(F)c2[nH]c(C(=O)N3CCN(c4nc(C)nc5c4oc4ccccc45)CC3)cc12. The van der Waals surface area contributed by atoms with Crippen molar-refractivity contribution in [1.82, 2.24) is 39.7 Å². The Hall–Kier alpha value is -6.57. The average Bonchev–Trinajstić information content (AvgIpc) is 4.00. The van der Waals surface area contributed by atoms with E-state index < -0.39 is 5.82 Å². The van der Waals surface area contributed by atoms with E-state index in [1.54, 1.807) is 40.1 Å². The first-order valence-corrected chi connectivity index (χ1v) is 18.4. The number of aryl methyl sites for hydroxylation is 2. The molecule has 0 bridgehead atoms. The second-order valence-corrected chi connectivity index (χ2v) is 13.9. The van der Waals surface area contributed by atoms with Crippen molar-refractivity contribution in [2.24, 2.45) is 0 Å². The number of hydrogen-bond acceptors (Lipinski definition) is 9. The van der Waals surface area contributed by atoms with Crippen LogP contribution in [0.15, 0.2) is 83.6 Å². The highest BCUT2D eigenvalue weighted by Crippen LogP contribution is 2.40. The molecule has 1 saturated heterocycles. The molecule has 0 spiro atoms. The molecule has 0 atom stereocenters. The Morgan fingerprint density at radius 1 is 0.927 bits per heavy atom. The zero-order valence-corrected chi connectivity index (χ0v) is 30.5. The molecule has 14 heteroatoms. The number of benzene rings is 3. The van der Waals surface area contributed by atoms with E-state index in [2.05, 4.69) is 25.2 Å². The van der Waals surface area contributed by atoms with E-state index in [1.807, 2.05) is 67.6 Å². The molecule has 55 heavy (non-hydrogen) atoms. The number of nitrogens with one attached hydrogen (secondary N) is 1. The lowest BCUT2D eigenvalue weighted by atomic mass is 9.93. The van der Waals surface area contributed by atoms with Crippen molar-refractivity contribution in [2.75, 3.05) is 51.3 Å². The van der Waals surface area contributed by atoms with E-state index in [-0.39, 0.29) is 36.0 Å². The van der Waals surface area contributed by atoms with Crippen molar-refractivity contribution >= 4 is 56.2 Å². The standard InChI is InChI=1S/C41H38FN9O4/c1-25-44-38-28-10-4-6-12-34(28)55-39(38)40(45-25)48-18-20-49(21-19-48)41(53)32-23-31-30(27-9-3-5-11-33(27)54-2)22-29(36(42)37(31)46-32)26-8-7-15-50(24-26)35(52)13-16-51-17-14-43-47-51/h3-6,8-12,14,17,22-23,46H,7,13,15-16,18-21,24H2,1-2H3. The Morgan fingerprint density at radius 3 is 2.56 bits per heavy atom. The van der Waals surface area contributed by atoms with Gasteiger partial charge < -0.3 is 28.8 Å². The van der Waals surface area contributed by atoms with Gasteiger partial charge in [-0.25, -0.2) is 14.4 Å². The first-order chi connectivity index (χ1) is 26.9. The number of rotatable bonds is 8. The number of ether oxygens (including phenoxy) is 1. The van der Waals surface area contributed by atoms with Crippen LogP contribution in [0.3, 0.4) is 0 Å². The van der Waals surface area contributed by atoms with Gasteiger partial charge in [-0.15, -0.1) is 5.10 Å². The summed E-state index contributed by atoms with van der Waals surface area (Å²) >= 11 is 0. The number of halogens is 1. The molecule has 2 aliphatic heterocycles. The van der Waals surface area contributed by atoms with E-state index >= 15 is 4.39 Å². The summed E-state index contributed by atoms with van der Waals surface area (Å²) in [6, 6.07) is 18.9. The average molecular weight is 740 g/mol.